The summed E-state index contributed by atoms with van der Waals surface area (Å²) in [5.41, 5.74) is 5.45. The fourth-order valence-electron chi connectivity index (χ4n) is 2.94. The molecule has 0 unspecified atom stereocenters. The molecule has 128 valence electrons. The summed E-state index contributed by atoms with van der Waals surface area (Å²) in [6.07, 6.45) is 1.55. The first-order chi connectivity index (χ1) is 10.4. The molecular formula is C16H32N4O2. The fourth-order valence-corrected chi connectivity index (χ4v) is 2.94. The van der Waals surface area contributed by atoms with Crippen molar-refractivity contribution in [3.8, 4) is 0 Å². The molecule has 0 aliphatic carbocycles. The van der Waals surface area contributed by atoms with Crippen LogP contribution in [0.2, 0.25) is 0 Å². The number of carbonyl (C=O) groups excluding carboxylic acids is 2. The van der Waals surface area contributed by atoms with Gasteiger partial charge in [-0.15, -0.1) is 0 Å². The molecule has 0 bridgehead atoms. The van der Waals surface area contributed by atoms with Gasteiger partial charge in [-0.05, 0) is 26.7 Å². The number of piperazine rings is 1. The summed E-state index contributed by atoms with van der Waals surface area (Å²) in [6, 6.07) is 0.162. The van der Waals surface area contributed by atoms with E-state index in [1.54, 1.807) is 0 Å². The van der Waals surface area contributed by atoms with Crippen molar-refractivity contribution in [2.45, 2.75) is 46.6 Å². The van der Waals surface area contributed by atoms with E-state index in [-0.39, 0.29) is 17.9 Å². The molecule has 0 spiro atoms. The van der Waals surface area contributed by atoms with Crippen LogP contribution in [0.5, 0.6) is 0 Å². The van der Waals surface area contributed by atoms with Gasteiger partial charge >= 0.3 is 0 Å². The summed E-state index contributed by atoms with van der Waals surface area (Å²) in [4.78, 5) is 28.5. The number of nitrogens with zero attached hydrogens (tertiary/aromatic N) is 2. The lowest BCUT2D eigenvalue weighted by Crippen LogP contribution is -2.56. The number of nitrogens with two attached hydrogens (primary N) is 1. The lowest BCUT2D eigenvalue weighted by molar-refractivity contribution is -0.144. The van der Waals surface area contributed by atoms with Crippen molar-refractivity contribution in [2.75, 3.05) is 39.3 Å². The van der Waals surface area contributed by atoms with Gasteiger partial charge in [0, 0.05) is 38.8 Å². The van der Waals surface area contributed by atoms with Crippen molar-refractivity contribution in [1.82, 2.24) is 15.1 Å². The van der Waals surface area contributed by atoms with Crippen LogP contribution in [-0.2, 0) is 9.59 Å². The van der Waals surface area contributed by atoms with E-state index in [0.717, 1.165) is 25.9 Å². The Kier molecular flexibility index (Phi) is 7.29. The normalized spacial score (nSPS) is 16.9. The van der Waals surface area contributed by atoms with Gasteiger partial charge in [-0.25, -0.2) is 0 Å². The number of hydrogen-bond donors (Lipinski definition) is 2. The lowest BCUT2D eigenvalue weighted by atomic mass is 9.81. The molecule has 3 N–H and O–H groups in total. The van der Waals surface area contributed by atoms with Crippen LogP contribution in [0.4, 0.5) is 0 Å². The van der Waals surface area contributed by atoms with Gasteiger partial charge in [-0.2, -0.15) is 0 Å². The molecule has 0 atom stereocenters. The second-order valence-corrected chi connectivity index (χ2v) is 6.48. The molecule has 1 saturated heterocycles. The largest absolute Gasteiger partial charge is 0.353 e. The van der Waals surface area contributed by atoms with Gasteiger partial charge in [-0.1, -0.05) is 13.8 Å². The van der Waals surface area contributed by atoms with Crippen LogP contribution >= 0.6 is 0 Å². The molecule has 0 aromatic heterocycles. The third kappa shape index (κ3) is 4.68. The molecule has 0 radical (unpaired) electrons. The van der Waals surface area contributed by atoms with E-state index in [2.05, 4.69) is 10.2 Å². The Balaban J connectivity index is 2.51. The van der Waals surface area contributed by atoms with Crippen molar-refractivity contribution in [3.05, 3.63) is 0 Å². The minimum Gasteiger partial charge on any atom is -0.353 e. The maximum Gasteiger partial charge on any atom is 0.234 e. The van der Waals surface area contributed by atoms with E-state index in [1.807, 2.05) is 32.6 Å². The molecule has 1 heterocycles. The van der Waals surface area contributed by atoms with E-state index in [9.17, 15) is 9.59 Å². The van der Waals surface area contributed by atoms with Crippen molar-refractivity contribution in [1.29, 1.82) is 0 Å². The zero-order valence-corrected chi connectivity index (χ0v) is 14.5. The predicted octanol–water partition coefficient (Wildman–Crippen LogP) is 0.420. The molecule has 1 aliphatic heterocycles. The second-order valence-electron chi connectivity index (χ2n) is 6.48. The predicted molar refractivity (Wildman–Crippen MR) is 88.4 cm³/mol. The topological polar surface area (TPSA) is 78.7 Å². The Labute approximate surface area is 134 Å². The molecule has 1 aliphatic rings. The van der Waals surface area contributed by atoms with Crippen LogP contribution in [0, 0.1) is 5.41 Å². The summed E-state index contributed by atoms with van der Waals surface area (Å²) < 4.78 is 0. The van der Waals surface area contributed by atoms with Gasteiger partial charge in [-0.3, -0.25) is 14.5 Å². The van der Waals surface area contributed by atoms with E-state index in [4.69, 9.17) is 5.73 Å². The Bertz CT molecular complexity index is 364. The minimum atomic E-state index is -0.419. The molecular weight excluding hydrogens is 280 g/mol. The zero-order valence-electron chi connectivity index (χ0n) is 14.5. The van der Waals surface area contributed by atoms with Crippen LogP contribution in [0.3, 0.4) is 0 Å². The average Bonchev–Trinajstić information content (AvgIpc) is 2.49. The molecule has 0 aromatic rings. The Hall–Kier alpha value is -1.14. The third-order valence-corrected chi connectivity index (χ3v) is 4.67. The quantitative estimate of drug-likeness (QED) is 0.714. The van der Waals surface area contributed by atoms with Crippen molar-refractivity contribution in [3.63, 3.8) is 0 Å². The van der Waals surface area contributed by atoms with Gasteiger partial charge in [0.15, 0.2) is 0 Å². The highest BCUT2D eigenvalue weighted by atomic mass is 16.2. The summed E-state index contributed by atoms with van der Waals surface area (Å²) >= 11 is 0. The van der Waals surface area contributed by atoms with E-state index >= 15 is 0 Å². The first-order valence-corrected chi connectivity index (χ1v) is 8.39. The summed E-state index contributed by atoms with van der Waals surface area (Å²) in [7, 11) is 0. The fraction of sp³-hybridized carbons (Fsp3) is 0.875. The zero-order chi connectivity index (χ0) is 16.8. The summed E-state index contributed by atoms with van der Waals surface area (Å²) in [6.45, 7) is 11.6. The van der Waals surface area contributed by atoms with Gasteiger partial charge < -0.3 is 16.0 Å². The molecule has 1 rings (SSSR count). The van der Waals surface area contributed by atoms with Gasteiger partial charge in [0.2, 0.25) is 11.8 Å². The molecule has 0 aromatic carbocycles. The smallest absolute Gasteiger partial charge is 0.234 e. The summed E-state index contributed by atoms with van der Waals surface area (Å²) in [5.74, 6) is 0.222. The molecule has 22 heavy (non-hydrogen) atoms. The average molecular weight is 312 g/mol. The summed E-state index contributed by atoms with van der Waals surface area (Å²) in [5, 5.41) is 2.90. The van der Waals surface area contributed by atoms with E-state index in [1.165, 1.54) is 0 Å². The van der Waals surface area contributed by atoms with Crippen LogP contribution in [0.1, 0.15) is 40.5 Å². The van der Waals surface area contributed by atoms with E-state index < -0.39 is 5.41 Å². The highest BCUT2D eigenvalue weighted by molar-refractivity contribution is 5.83. The number of nitrogens with one attached hydrogen (secondary N) is 1. The van der Waals surface area contributed by atoms with Crippen molar-refractivity contribution in [2.24, 2.45) is 11.1 Å². The van der Waals surface area contributed by atoms with Crippen LogP contribution < -0.4 is 11.1 Å². The van der Waals surface area contributed by atoms with Crippen LogP contribution in [0.15, 0.2) is 0 Å². The first-order valence-electron chi connectivity index (χ1n) is 8.39. The number of amides is 2. The Morgan fingerprint density at radius 3 is 2.09 bits per heavy atom. The lowest BCUT2D eigenvalue weighted by Gasteiger charge is -2.40. The first kappa shape index (κ1) is 18.9. The third-order valence-electron chi connectivity index (χ3n) is 4.67. The maximum atomic E-state index is 12.7. The van der Waals surface area contributed by atoms with Crippen LogP contribution in [-0.4, -0.2) is 66.9 Å². The molecule has 2 amide bonds. The monoisotopic (exact) mass is 312 g/mol. The van der Waals surface area contributed by atoms with E-state index in [0.29, 0.717) is 26.2 Å². The molecule has 1 fully saturated rings. The Morgan fingerprint density at radius 1 is 1.14 bits per heavy atom. The SMILES string of the molecule is CCC(CC)(CN)C(=O)N1CCN(CC(=O)NC(C)C)CC1. The standard InChI is InChI=1S/C16H32N4O2/c1-5-16(6-2,12-17)15(22)20-9-7-19(8-10-20)11-14(21)18-13(3)4/h13H,5-12,17H2,1-4H3,(H,18,21). The van der Waals surface area contributed by atoms with Gasteiger partial charge in [0.25, 0.3) is 0 Å². The van der Waals surface area contributed by atoms with Crippen molar-refractivity contribution >= 4 is 11.8 Å². The Morgan fingerprint density at radius 2 is 1.68 bits per heavy atom. The molecule has 6 heteroatoms. The number of hydrogen-bond acceptors (Lipinski definition) is 4. The van der Waals surface area contributed by atoms with Gasteiger partial charge in [0.05, 0.1) is 12.0 Å². The van der Waals surface area contributed by atoms with Crippen molar-refractivity contribution < 1.29 is 9.59 Å². The minimum absolute atomic E-state index is 0.0493. The number of carbonyl (C=O) groups is 2. The van der Waals surface area contributed by atoms with Crippen LogP contribution in [0.25, 0.3) is 0 Å². The molecule has 6 nitrogen and oxygen atoms in total. The highest BCUT2D eigenvalue weighted by Crippen LogP contribution is 2.28. The second kappa shape index (κ2) is 8.48. The van der Waals surface area contributed by atoms with Gasteiger partial charge in [0.1, 0.15) is 0 Å². The maximum absolute atomic E-state index is 12.7. The number of rotatable bonds is 7. The molecule has 0 saturated carbocycles. The highest BCUT2D eigenvalue weighted by Gasteiger charge is 2.37.